The predicted molar refractivity (Wildman–Crippen MR) is 175 cm³/mol. The lowest BCUT2D eigenvalue weighted by atomic mass is 9.30. The standard InChI is InChI=1S/C39H64O5/c1-7-8-9-10-17-38-19-14-30(43)34(4,24-40)29(38)13-18-35(5)32(38)28(42)20-26-27-21-33(2,3)23-37(15-11-12-16-37)39(27,25-41)31(44)22-36(26,35)6/h20,27,29-32,40-41,43-44H,7-19,21-25H2,1-6H3/t27-,29-,30+,31+,32+,34+,35-,36-,38+,39+/m1/s1. The summed E-state index contributed by atoms with van der Waals surface area (Å²) in [6.45, 7) is 13.8. The molecule has 0 amide bonds. The van der Waals surface area contributed by atoms with E-state index in [-0.39, 0.29) is 63.8 Å². The molecule has 10 atom stereocenters. The van der Waals surface area contributed by atoms with E-state index in [1.54, 1.807) is 0 Å². The number of aliphatic hydroxyl groups excluding tert-OH is 4. The second kappa shape index (κ2) is 10.9. The van der Waals surface area contributed by atoms with E-state index in [9.17, 15) is 20.4 Å². The Hall–Kier alpha value is -0.750. The lowest BCUT2D eigenvalue weighted by Gasteiger charge is -2.73. The first-order chi connectivity index (χ1) is 20.7. The van der Waals surface area contributed by atoms with E-state index < -0.39 is 23.0 Å². The van der Waals surface area contributed by atoms with Gasteiger partial charge in [-0.1, -0.05) is 85.6 Å². The zero-order valence-corrected chi connectivity index (χ0v) is 28.9. The van der Waals surface area contributed by atoms with Crippen molar-refractivity contribution < 1.29 is 25.2 Å². The number of hydrogen-bond acceptors (Lipinski definition) is 5. The van der Waals surface area contributed by atoms with E-state index in [0.29, 0.717) is 12.8 Å². The van der Waals surface area contributed by atoms with Gasteiger partial charge in [-0.05, 0) is 109 Å². The molecule has 6 aliphatic carbocycles. The molecule has 0 saturated heterocycles. The van der Waals surface area contributed by atoms with Crippen LogP contribution in [0.5, 0.6) is 0 Å². The van der Waals surface area contributed by atoms with Crippen LogP contribution in [0.1, 0.15) is 144 Å². The third-order valence-corrected chi connectivity index (χ3v) is 16.2. The number of ketones is 1. The number of fused-ring (bicyclic) bond motifs is 8. The van der Waals surface area contributed by atoms with Gasteiger partial charge < -0.3 is 20.4 Å². The second-order valence-electron chi connectivity index (χ2n) is 18.5. The maximum atomic E-state index is 15.1. The van der Waals surface area contributed by atoms with Crippen molar-refractivity contribution in [3.05, 3.63) is 11.6 Å². The van der Waals surface area contributed by atoms with Crippen LogP contribution in [-0.4, -0.2) is 51.6 Å². The molecule has 1 spiro atoms. The molecule has 0 aliphatic heterocycles. The Morgan fingerprint density at radius 3 is 2.18 bits per heavy atom. The summed E-state index contributed by atoms with van der Waals surface area (Å²) in [7, 11) is 0. The molecule has 5 fully saturated rings. The second-order valence-corrected chi connectivity index (χ2v) is 18.5. The van der Waals surface area contributed by atoms with Crippen LogP contribution < -0.4 is 0 Å². The molecule has 0 heterocycles. The Balaban J connectivity index is 1.51. The Labute approximate surface area is 267 Å². The highest BCUT2D eigenvalue weighted by Gasteiger charge is 2.75. The topological polar surface area (TPSA) is 98.0 Å². The van der Waals surface area contributed by atoms with Crippen molar-refractivity contribution in [2.24, 2.45) is 55.7 Å². The molecular formula is C39H64O5. The van der Waals surface area contributed by atoms with Gasteiger partial charge in [-0.3, -0.25) is 4.79 Å². The van der Waals surface area contributed by atoms with Gasteiger partial charge in [-0.15, -0.1) is 0 Å². The van der Waals surface area contributed by atoms with E-state index in [1.165, 1.54) is 12.0 Å². The third-order valence-electron chi connectivity index (χ3n) is 16.2. The molecule has 0 aromatic rings. The first-order valence-electron chi connectivity index (χ1n) is 18.5. The van der Waals surface area contributed by atoms with E-state index in [1.807, 2.05) is 0 Å². The van der Waals surface area contributed by atoms with Gasteiger partial charge in [0.1, 0.15) is 0 Å². The number of hydrogen-bond donors (Lipinski definition) is 4. The number of aliphatic hydroxyl groups is 4. The van der Waals surface area contributed by atoms with E-state index >= 15 is 4.79 Å². The zero-order chi connectivity index (χ0) is 32.0. The molecule has 6 rings (SSSR count). The molecule has 0 radical (unpaired) electrons. The van der Waals surface area contributed by atoms with Crippen molar-refractivity contribution in [2.45, 2.75) is 156 Å². The summed E-state index contributed by atoms with van der Waals surface area (Å²) in [6.07, 6.45) is 16.6. The number of carbonyl (C=O) groups excluding carboxylic acids is 1. The molecule has 250 valence electrons. The van der Waals surface area contributed by atoms with Crippen molar-refractivity contribution in [3.8, 4) is 0 Å². The van der Waals surface area contributed by atoms with Gasteiger partial charge in [0.05, 0.1) is 25.4 Å². The molecular weight excluding hydrogens is 548 g/mol. The fraction of sp³-hybridized carbons (Fsp3) is 0.923. The van der Waals surface area contributed by atoms with Crippen LogP contribution in [0, 0.1) is 55.7 Å². The van der Waals surface area contributed by atoms with E-state index in [0.717, 1.165) is 83.5 Å². The maximum absolute atomic E-state index is 15.1. The van der Waals surface area contributed by atoms with Gasteiger partial charge in [0.25, 0.3) is 0 Å². The van der Waals surface area contributed by atoms with Gasteiger partial charge >= 0.3 is 0 Å². The summed E-state index contributed by atoms with van der Waals surface area (Å²) in [5.74, 6) is 0.155. The van der Waals surface area contributed by atoms with Crippen molar-refractivity contribution in [1.82, 2.24) is 0 Å². The SMILES string of the molecule is CCCCCC[C@]12CC[C@H](O)[C@@](C)(CO)[C@H]1CC[C@]1(C)[C@@H]2C(=O)C=C2[C@H]3CC(C)(C)CC4(CCCC4)[C@]3(CO)[C@@H](O)C[C@]21C. The molecule has 0 unspecified atom stereocenters. The molecule has 0 aromatic heterocycles. The number of rotatable bonds is 7. The van der Waals surface area contributed by atoms with E-state index in [2.05, 4.69) is 47.6 Å². The smallest absolute Gasteiger partial charge is 0.159 e. The average Bonchev–Trinajstić information content (AvgIpc) is 3.42. The summed E-state index contributed by atoms with van der Waals surface area (Å²) in [4.78, 5) is 15.1. The van der Waals surface area contributed by atoms with Crippen LogP contribution >= 0.6 is 0 Å². The Bertz CT molecular complexity index is 1150. The minimum Gasteiger partial charge on any atom is -0.396 e. The Morgan fingerprint density at radius 1 is 0.841 bits per heavy atom. The maximum Gasteiger partial charge on any atom is 0.159 e. The fourth-order valence-electron chi connectivity index (χ4n) is 14.2. The first kappa shape index (κ1) is 33.2. The lowest BCUT2D eigenvalue weighted by Crippen LogP contribution is -2.71. The highest BCUT2D eigenvalue weighted by Crippen LogP contribution is 2.78. The van der Waals surface area contributed by atoms with Crippen molar-refractivity contribution in [3.63, 3.8) is 0 Å². The van der Waals surface area contributed by atoms with Crippen LogP contribution in [0.25, 0.3) is 0 Å². The molecule has 0 aromatic carbocycles. The van der Waals surface area contributed by atoms with Gasteiger partial charge in [-0.2, -0.15) is 0 Å². The lowest BCUT2D eigenvalue weighted by molar-refractivity contribution is -0.248. The van der Waals surface area contributed by atoms with E-state index in [4.69, 9.17) is 0 Å². The van der Waals surface area contributed by atoms with Gasteiger partial charge in [-0.25, -0.2) is 0 Å². The van der Waals surface area contributed by atoms with Crippen LogP contribution in [0.2, 0.25) is 0 Å². The van der Waals surface area contributed by atoms with Crippen LogP contribution in [0.3, 0.4) is 0 Å². The molecule has 5 saturated carbocycles. The molecule has 6 aliphatic rings. The molecule has 5 nitrogen and oxygen atoms in total. The zero-order valence-electron chi connectivity index (χ0n) is 28.9. The molecule has 0 bridgehead atoms. The minimum absolute atomic E-state index is 0.000983. The highest BCUT2D eigenvalue weighted by atomic mass is 16.3. The predicted octanol–water partition coefficient (Wildman–Crippen LogP) is 7.38. The van der Waals surface area contributed by atoms with Crippen molar-refractivity contribution in [2.75, 3.05) is 13.2 Å². The largest absolute Gasteiger partial charge is 0.396 e. The molecule has 44 heavy (non-hydrogen) atoms. The van der Waals surface area contributed by atoms with Gasteiger partial charge in [0.15, 0.2) is 5.78 Å². The van der Waals surface area contributed by atoms with Crippen molar-refractivity contribution >= 4 is 5.78 Å². The summed E-state index contributed by atoms with van der Waals surface area (Å²) in [5.41, 5.74) is -0.932. The summed E-state index contributed by atoms with van der Waals surface area (Å²) in [6, 6.07) is 0. The van der Waals surface area contributed by atoms with Crippen LogP contribution in [0.4, 0.5) is 0 Å². The minimum atomic E-state index is -0.615. The first-order valence-corrected chi connectivity index (χ1v) is 18.5. The van der Waals surface area contributed by atoms with Crippen LogP contribution in [0.15, 0.2) is 11.6 Å². The van der Waals surface area contributed by atoms with Crippen molar-refractivity contribution in [1.29, 1.82) is 0 Å². The third kappa shape index (κ3) is 4.13. The quantitative estimate of drug-likeness (QED) is 0.225. The average molecular weight is 613 g/mol. The number of allylic oxidation sites excluding steroid dienone is 2. The Morgan fingerprint density at radius 2 is 1.55 bits per heavy atom. The summed E-state index contributed by atoms with van der Waals surface area (Å²) >= 11 is 0. The van der Waals surface area contributed by atoms with Gasteiger partial charge in [0, 0.05) is 16.7 Å². The fourth-order valence-corrected chi connectivity index (χ4v) is 14.2. The van der Waals surface area contributed by atoms with Crippen LogP contribution in [-0.2, 0) is 4.79 Å². The Kier molecular flexibility index (Phi) is 8.21. The summed E-state index contributed by atoms with van der Waals surface area (Å²) < 4.78 is 0. The summed E-state index contributed by atoms with van der Waals surface area (Å²) in [5, 5.41) is 46.1. The number of carbonyl (C=O) groups is 1. The monoisotopic (exact) mass is 612 g/mol. The number of unbranched alkanes of at least 4 members (excludes halogenated alkanes) is 3. The normalized spacial score (nSPS) is 49.1. The molecule has 5 heteroatoms. The highest BCUT2D eigenvalue weighted by molar-refractivity contribution is 5.95. The molecule has 4 N–H and O–H groups in total. The van der Waals surface area contributed by atoms with Gasteiger partial charge in [0.2, 0.25) is 0 Å².